The summed E-state index contributed by atoms with van der Waals surface area (Å²) < 4.78 is 37.3. The molecule has 0 amide bonds. The molecule has 0 unspecified atom stereocenters. The molecule has 0 spiro atoms. The molecular formula is C12H9F3N2. The topological polar surface area (TPSA) is 28.1 Å². The molecule has 2 rings (SSSR count). The van der Waals surface area contributed by atoms with Gasteiger partial charge in [-0.15, -0.1) is 0 Å². The third-order valence-electron chi connectivity index (χ3n) is 2.15. The lowest BCUT2D eigenvalue weighted by atomic mass is 10.2. The third-order valence-corrected chi connectivity index (χ3v) is 2.15. The Kier molecular flexibility index (Phi) is 2.99. The van der Waals surface area contributed by atoms with Gasteiger partial charge < -0.3 is 4.98 Å². The van der Waals surface area contributed by atoms with Gasteiger partial charge in [0.1, 0.15) is 0 Å². The van der Waals surface area contributed by atoms with Crippen LogP contribution in [0.25, 0.3) is 0 Å². The van der Waals surface area contributed by atoms with E-state index in [0.29, 0.717) is 0 Å². The van der Waals surface area contributed by atoms with Gasteiger partial charge in [-0.25, -0.2) is 0 Å². The summed E-state index contributed by atoms with van der Waals surface area (Å²) in [6.07, 6.45) is -1.14. The summed E-state index contributed by atoms with van der Waals surface area (Å²) in [5, 5.41) is 0. The molecule has 1 aromatic carbocycles. The number of benzene rings is 1. The molecule has 17 heavy (non-hydrogen) atoms. The summed E-state index contributed by atoms with van der Waals surface area (Å²) in [7, 11) is 0. The second-order valence-electron chi connectivity index (χ2n) is 3.43. The van der Waals surface area contributed by atoms with Crippen LogP contribution in [0.3, 0.4) is 0 Å². The number of halogens is 3. The molecule has 0 saturated heterocycles. The highest BCUT2D eigenvalue weighted by atomic mass is 19.4. The van der Waals surface area contributed by atoms with Gasteiger partial charge >= 0.3 is 6.18 Å². The monoisotopic (exact) mass is 238 g/mol. The molecule has 0 aliphatic rings. The van der Waals surface area contributed by atoms with Crippen molar-refractivity contribution in [2.24, 2.45) is 4.99 Å². The van der Waals surface area contributed by atoms with Gasteiger partial charge in [0.15, 0.2) is 0 Å². The molecule has 2 nitrogen and oxygen atoms in total. The number of nitrogens with one attached hydrogen (secondary N) is 1. The maximum Gasteiger partial charge on any atom is 0.416 e. The van der Waals surface area contributed by atoms with E-state index in [9.17, 15) is 13.2 Å². The van der Waals surface area contributed by atoms with Crippen molar-refractivity contribution in [2.75, 3.05) is 0 Å². The molecule has 1 heterocycles. The number of H-pyrrole nitrogens is 1. The lowest BCUT2D eigenvalue weighted by Crippen LogP contribution is -2.03. The Morgan fingerprint density at radius 1 is 1.12 bits per heavy atom. The van der Waals surface area contributed by atoms with Crippen LogP contribution < -0.4 is 0 Å². The van der Waals surface area contributed by atoms with E-state index < -0.39 is 11.7 Å². The van der Waals surface area contributed by atoms with Gasteiger partial charge in [-0.1, -0.05) is 6.07 Å². The molecule has 5 heteroatoms. The van der Waals surface area contributed by atoms with Gasteiger partial charge in [0, 0.05) is 6.20 Å². The lowest BCUT2D eigenvalue weighted by molar-refractivity contribution is -0.137. The predicted molar refractivity (Wildman–Crippen MR) is 59.5 cm³/mol. The average molecular weight is 238 g/mol. The summed E-state index contributed by atoms with van der Waals surface area (Å²) in [5.74, 6) is 0. The van der Waals surface area contributed by atoms with Crippen LogP contribution in [0.1, 0.15) is 11.3 Å². The molecule has 0 radical (unpaired) electrons. The van der Waals surface area contributed by atoms with Crippen molar-refractivity contribution in [3.63, 3.8) is 0 Å². The van der Waals surface area contributed by atoms with E-state index in [4.69, 9.17) is 0 Å². The van der Waals surface area contributed by atoms with Crippen molar-refractivity contribution >= 4 is 11.9 Å². The first-order valence-electron chi connectivity index (χ1n) is 4.90. The Labute approximate surface area is 95.8 Å². The van der Waals surface area contributed by atoms with Crippen LogP contribution >= 0.6 is 0 Å². The highest BCUT2D eigenvalue weighted by molar-refractivity contribution is 5.79. The molecule has 0 bridgehead atoms. The number of rotatable bonds is 2. The quantitative estimate of drug-likeness (QED) is 0.771. The SMILES string of the molecule is FC(F)(F)c1cccc(N=Cc2ccc[nH]2)c1. The summed E-state index contributed by atoms with van der Waals surface area (Å²) in [6.45, 7) is 0. The molecule has 0 atom stereocenters. The summed E-state index contributed by atoms with van der Waals surface area (Å²) in [5.41, 5.74) is 0.315. The molecule has 0 aliphatic heterocycles. The minimum atomic E-state index is -4.34. The minimum Gasteiger partial charge on any atom is -0.360 e. The van der Waals surface area contributed by atoms with E-state index in [2.05, 4.69) is 9.98 Å². The minimum absolute atomic E-state index is 0.273. The molecule has 1 aromatic heterocycles. The smallest absolute Gasteiger partial charge is 0.360 e. The summed E-state index contributed by atoms with van der Waals surface area (Å²) >= 11 is 0. The van der Waals surface area contributed by atoms with Gasteiger partial charge in [-0.2, -0.15) is 13.2 Å². The first-order chi connectivity index (χ1) is 8.05. The van der Waals surface area contributed by atoms with Crippen molar-refractivity contribution in [3.05, 3.63) is 53.9 Å². The van der Waals surface area contributed by atoms with E-state index >= 15 is 0 Å². The second-order valence-corrected chi connectivity index (χ2v) is 3.43. The normalized spacial score (nSPS) is 12.2. The van der Waals surface area contributed by atoms with E-state index in [1.165, 1.54) is 18.3 Å². The van der Waals surface area contributed by atoms with Crippen molar-refractivity contribution in [1.82, 2.24) is 4.98 Å². The van der Waals surface area contributed by atoms with Crippen molar-refractivity contribution in [1.29, 1.82) is 0 Å². The number of hydrogen-bond acceptors (Lipinski definition) is 1. The van der Waals surface area contributed by atoms with Crippen LogP contribution in [0, 0.1) is 0 Å². The maximum atomic E-state index is 12.4. The Morgan fingerprint density at radius 3 is 2.59 bits per heavy atom. The van der Waals surface area contributed by atoms with E-state index in [1.807, 2.05) is 0 Å². The Bertz CT molecular complexity index is 513. The number of alkyl halides is 3. The van der Waals surface area contributed by atoms with Crippen molar-refractivity contribution in [3.8, 4) is 0 Å². The van der Waals surface area contributed by atoms with Crippen LogP contribution in [0.2, 0.25) is 0 Å². The summed E-state index contributed by atoms with van der Waals surface area (Å²) in [4.78, 5) is 6.85. The van der Waals surface area contributed by atoms with Gasteiger partial charge in [0.2, 0.25) is 0 Å². The van der Waals surface area contributed by atoms with Crippen LogP contribution in [0.4, 0.5) is 18.9 Å². The largest absolute Gasteiger partial charge is 0.416 e. The van der Waals surface area contributed by atoms with E-state index in [1.54, 1.807) is 18.3 Å². The van der Waals surface area contributed by atoms with Gasteiger partial charge in [0.05, 0.1) is 23.2 Å². The van der Waals surface area contributed by atoms with Gasteiger partial charge in [-0.3, -0.25) is 4.99 Å². The van der Waals surface area contributed by atoms with Crippen LogP contribution in [0.5, 0.6) is 0 Å². The lowest BCUT2D eigenvalue weighted by Gasteiger charge is -2.06. The van der Waals surface area contributed by atoms with Crippen LogP contribution in [-0.2, 0) is 6.18 Å². The first kappa shape index (κ1) is 11.4. The van der Waals surface area contributed by atoms with Crippen LogP contribution in [0.15, 0.2) is 47.6 Å². The fraction of sp³-hybridized carbons (Fsp3) is 0.0833. The zero-order valence-electron chi connectivity index (χ0n) is 8.70. The Balaban J connectivity index is 2.23. The number of aromatic amines is 1. The fourth-order valence-electron chi connectivity index (χ4n) is 1.33. The average Bonchev–Trinajstić information content (AvgIpc) is 2.78. The standard InChI is InChI=1S/C12H9F3N2/c13-12(14,15)9-3-1-4-10(7-9)17-8-11-5-2-6-16-11/h1-8,16H. The molecule has 88 valence electrons. The highest BCUT2D eigenvalue weighted by Gasteiger charge is 2.30. The van der Waals surface area contributed by atoms with Gasteiger partial charge in [0.25, 0.3) is 0 Å². The Morgan fingerprint density at radius 2 is 1.94 bits per heavy atom. The number of hydrogen-bond donors (Lipinski definition) is 1. The molecular weight excluding hydrogens is 229 g/mol. The van der Waals surface area contributed by atoms with Crippen molar-refractivity contribution in [2.45, 2.75) is 6.18 Å². The molecule has 2 aromatic rings. The second kappa shape index (κ2) is 4.45. The zero-order valence-corrected chi connectivity index (χ0v) is 8.70. The van der Waals surface area contributed by atoms with E-state index in [-0.39, 0.29) is 5.69 Å². The zero-order chi connectivity index (χ0) is 12.3. The summed E-state index contributed by atoms with van der Waals surface area (Å²) in [6, 6.07) is 8.45. The molecule has 1 N–H and O–H groups in total. The van der Waals surface area contributed by atoms with E-state index in [0.717, 1.165) is 17.8 Å². The molecule has 0 saturated carbocycles. The first-order valence-corrected chi connectivity index (χ1v) is 4.90. The highest BCUT2D eigenvalue weighted by Crippen LogP contribution is 2.31. The molecule has 0 fully saturated rings. The van der Waals surface area contributed by atoms with Crippen molar-refractivity contribution < 1.29 is 13.2 Å². The van der Waals surface area contributed by atoms with Gasteiger partial charge in [-0.05, 0) is 30.3 Å². The number of aromatic nitrogens is 1. The predicted octanol–water partition coefficient (Wildman–Crippen LogP) is 3.78. The Hall–Kier alpha value is -2.04. The maximum absolute atomic E-state index is 12.4. The number of aliphatic imine (C=N–C) groups is 1. The fourth-order valence-corrected chi connectivity index (χ4v) is 1.33. The number of nitrogens with zero attached hydrogens (tertiary/aromatic N) is 1. The molecule has 0 aliphatic carbocycles. The van der Waals surface area contributed by atoms with Crippen LogP contribution in [-0.4, -0.2) is 11.2 Å². The third kappa shape index (κ3) is 2.96.